The number of piperidine rings is 1. The van der Waals surface area contributed by atoms with E-state index in [1.54, 1.807) is 7.11 Å². The molecule has 3 nitrogen and oxygen atoms in total. The highest BCUT2D eigenvalue weighted by Crippen LogP contribution is 2.24. The minimum Gasteiger partial charge on any atom is -0.481 e. The van der Waals surface area contributed by atoms with Crippen molar-refractivity contribution in [2.24, 2.45) is 0 Å². The Balaban J connectivity index is 2.20. The first-order valence-electron chi connectivity index (χ1n) is 5.53. The molecule has 1 aliphatic rings. The fraction of sp³-hybridized carbons (Fsp3) is 0.583. The first-order valence-corrected chi connectivity index (χ1v) is 5.53. The molecule has 0 radical (unpaired) electrons. The fourth-order valence-electron chi connectivity index (χ4n) is 2.06. The second-order valence-electron chi connectivity index (χ2n) is 4.11. The third-order valence-electron chi connectivity index (χ3n) is 2.98. The van der Waals surface area contributed by atoms with Crippen molar-refractivity contribution >= 4 is 0 Å². The number of nitrogens with one attached hydrogen (secondary N) is 1. The lowest BCUT2D eigenvalue weighted by Gasteiger charge is -2.22. The van der Waals surface area contributed by atoms with E-state index in [4.69, 9.17) is 4.74 Å². The number of nitrogens with zero attached hydrogens (tertiary/aromatic N) is 1. The number of aromatic nitrogens is 1. The quantitative estimate of drug-likeness (QED) is 0.802. The van der Waals surface area contributed by atoms with Crippen LogP contribution in [0.2, 0.25) is 0 Å². The van der Waals surface area contributed by atoms with Crippen molar-refractivity contribution in [3.8, 4) is 5.88 Å². The number of methoxy groups -OCH3 is 1. The number of hydrogen-bond acceptors (Lipinski definition) is 3. The van der Waals surface area contributed by atoms with Crippen LogP contribution in [-0.4, -0.2) is 25.2 Å². The molecule has 2 rings (SSSR count). The summed E-state index contributed by atoms with van der Waals surface area (Å²) in [5, 5.41) is 3.40. The molecule has 15 heavy (non-hydrogen) atoms. The van der Waals surface area contributed by atoms with Gasteiger partial charge in [-0.05, 0) is 32.4 Å². The highest BCUT2D eigenvalue weighted by molar-refractivity contribution is 5.28. The molecule has 2 heterocycles. The van der Waals surface area contributed by atoms with Crippen molar-refractivity contribution in [1.29, 1.82) is 0 Å². The highest BCUT2D eigenvalue weighted by Gasteiger charge is 2.17. The third-order valence-corrected chi connectivity index (χ3v) is 2.98. The summed E-state index contributed by atoms with van der Waals surface area (Å²) in [6, 6.07) is 4.21. The van der Waals surface area contributed by atoms with Gasteiger partial charge in [-0.25, -0.2) is 4.98 Å². The van der Waals surface area contributed by atoms with E-state index in [1.165, 1.54) is 12.8 Å². The van der Waals surface area contributed by atoms with Crippen LogP contribution in [0.25, 0.3) is 0 Å². The molecule has 0 saturated carbocycles. The Bertz CT molecular complexity index is 332. The zero-order chi connectivity index (χ0) is 10.7. The van der Waals surface area contributed by atoms with Gasteiger partial charge in [0, 0.05) is 23.7 Å². The van der Waals surface area contributed by atoms with Gasteiger partial charge in [0.1, 0.15) is 0 Å². The van der Waals surface area contributed by atoms with Crippen LogP contribution in [0.5, 0.6) is 5.88 Å². The lowest BCUT2D eigenvalue weighted by molar-refractivity contribution is 0.387. The Kier molecular flexibility index (Phi) is 3.21. The topological polar surface area (TPSA) is 34.1 Å². The molecule has 1 N–H and O–H groups in total. The molecule has 3 heteroatoms. The summed E-state index contributed by atoms with van der Waals surface area (Å²) in [5.74, 6) is 1.31. The molecule has 0 bridgehead atoms. The van der Waals surface area contributed by atoms with Crippen molar-refractivity contribution in [3.63, 3.8) is 0 Å². The molecule has 1 aliphatic heterocycles. The Labute approximate surface area is 90.9 Å². The second-order valence-corrected chi connectivity index (χ2v) is 4.11. The lowest BCUT2D eigenvalue weighted by Crippen LogP contribution is -2.28. The number of ether oxygens (including phenoxy) is 1. The van der Waals surface area contributed by atoms with Crippen molar-refractivity contribution in [1.82, 2.24) is 10.3 Å². The van der Waals surface area contributed by atoms with Crippen LogP contribution in [-0.2, 0) is 0 Å². The number of rotatable bonds is 2. The van der Waals surface area contributed by atoms with Gasteiger partial charge in [0.15, 0.2) is 0 Å². The summed E-state index contributed by atoms with van der Waals surface area (Å²) in [5.41, 5.74) is 2.26. The van der Waals surface area contributed by atoms with Gasteiger partial charge in [0.2, 0.25) is 5.88 Å². The summed E-state index contributed by atoms with van der Waals surface area (Å²) in [7, 11) is 1.68. The SMILES string of the molecule is COc1nc(C2CCCNC2)ccc1C. The number of pyridine rings is 1. The Morgan fingerprint density at radius 1 is 1.47 bits per heavy atom. The Morgan fingerprint density at radius 2 is 2.33 bits per heavy atom. The molecular weight excluding hydrogens is 188 g/mol. The summed E-state index contributed by atoms with van der Waals surface area (Å²) >= 11 is 0. The minimum atomic E-state index is 0.549. The lowest BCUT2D eigenvalue weighted by atomic mass is 9.95. The molecule has 1 aromatic heterocycles. The summed E-state index contributed by atoms with van der Waals surface area (Å²) in [6.07, 6.45) is 2.47. The molecule has 0 aliphatic carbocycles. The molecule has 1 fully saturated rings. The van der Waals surface area contributed by atoms with E-state index in [1.807, 2.05) is 6.92 Å². The average Bonchev–Trinajstić information content (AvgIpc) is 2.31. The first kappa shape index (κ1) is 10.4. The van der Waals surface area contributed by atoms with E-state index in [2.05, 4.69) is 22.4 Å². The maximum Gasteiger partial charge on any atom is 0.216 e. The summed E-state index contributed by atoms with van der Waals surface area (Å²) < 4.78 is 5.24. The van der Waals surface area contributed by atoms with E-state index < -0.39 is 0 Å². The van der Waals surface area contributed by atoms with Crippen LogP contribution in [0, 0.1) is 6.92 Å². The summed E-state index contributed by atoms with van der Waals surface area (Å²) in [6.45, 7) is 4.20. The van der Waals surface area contributed by atoms with E-state index in [0.717, 1.165) is 30.2 Å². The Hall–Kier alpha value is -1.09. The zero-order valence-corrected chi connectivity index (χ0v) is 9.42. The fourth-order valence-corrected chi connectivity index (χ4v) is 2.06. The van der Waals surface area contributed by atoms with Crippen molar-refractivity contribution in [3.05, 3.63) is 23.4 Å². The predicted molar refractivity (Wildman–Crippen MR) is 60.4 cm³/mol. The normalized spacial score (nSPS) is 21.3. The summed E-state index contributed by atoms with van der Waals surface area (Å²) in [4.78, 5) is 4.55. The smallest absolute Gasteiger partial charge is 0.216 e. The monoisotopic (exact) mass is 206 g/mol. The van der Waals surface area contributed by atoms with Crippen LogP contribution >= 0.6 is 0 Å². The van der Waals surface area contributed by atoms with Crippen LogP contribution < -0.4 is 10.1 Å². The maximum absolute atomic E-state index is 5.24. The predicted octanol–water partition coefficient (Wildman–Crippen LogP) is 1.87. The zero-order valence-electron chi connectivity index (χ0n) is 9.42. The van der Waals surface area contributed by atoms with Crippen LogP contribution in [0.3, 0.4) is 0 Å². The van der Waals surface area contributed by atoms with Gasteiger partial charge in [0.05, 0.1) is 7.11 Å². The van der Waals surface area contributed by atoms with E-state index >= 15 is 0 Å². The highest BCUT2D eigenvalue weighted by atomic mass is 16.5. The van der Waals surface area contributed by atoms with Gasteiger partial charge in [-0.1, -0.05) is 6.07 Å². The molecule has 1 unspecified atom stereocenters. The van der Waals surface area contributed by atoms with Crippen LogP contribution in [0.4, 0.5) is 0 Å². The Morgan fingerprint density at radius 3 is 3.00 bits per heavy atom. The molecule has 1 atom stereocenters. The van der Waals surface area contributed by atoms with Gasteiger partial charge in [-0.2, -0.15) is 0 Å². The van der Waals surface area contributed by atoms with Gasteiger partial charge in [-0.15, -0.1) is 0 Å². The standard InChI is InChI=1S/C12H18N2O/c1-9-5-6-11(14-12(9)15-2)10-4-3-7-13-8-10/h5-6,10,13H,3-4,7-8H2,1-2H3. The van der Waals surface area contributed by atoms with Crippen molar-refractivity contribution < 1.29 is 4.74 Å². The van der Waals surface area contributed by atoms with Crippen molar-refractivity contribution in [2.75, 3.05) is 20.2 Å². The number of aryl methyl sites for hydroxylation is 1. The maximum atomic E-state index is 5.24. The van der Waals surface area contributed by atoms with Gasteiger partial charge in [0.25, 0.3) is 0 Å². The van der Waals surface area contributed by atoms with E-state index in [0.29, 0.717) is 5.92 Å². The largest absolute Gasteiger partial charge is 0.481 e. The molecule has 1 saturated heterocycles. The number of hydrogen-bond donors (Lipinski definition) is 1. The minimum absolute atomic E-state index is 0.549. The van der Waals surface area contributed by atoms with Gasteiger partial charge >= 0.3 is 0 Å². The second kappa shape index (κ2) is 4.62. The van der Waals surface area contributed by atoms with Gasteiger partial charge in [-0.3, -0.25) is 0 Å². The molecule has 0 spiro atoms. The molecule has 82 valence electrons. The van der Waals surface area contributed by atoms with Gasteiger partial charge < -0.3 is 10.1 Å². The molecule has 0 aromatic carbocycles. The third kappa shape index (κ3) is 2.29. The first-order chi connectivity index (χ1) is 7.31. The van der Waals surface area contributed by atoms with E-state index in [9.17, 15) is 0 Å². The van der Waals surface area contributed by atoms with Crippen LogP contribution in [0.1, 0.15) is 30.0 Å². The average molecular weight is 206 g/mol. The molecular formula is C12H18N2O. The van der Waals surface area contributed by atoms with Crippen molar-refractivity contribution in [2.45, 2.75) is 25.7 Å². The molecule has 1 aromatic rings. The van der Waals surface area contributed by atoms with E-state index in [-0.39, 0.29) is 0 Å². The van der Waals surface area contributed by atoms with Crippen LogP contribution in [0.15, 0.2) is 12.1 Å². The molecule has 0 amide bonds.